The van der Waals surface area contributed by atoms with Crippen LogP contribution in [-0.4, -0.2) is 41.5 Å². The average Bonchev–Trinajstić information content (AvgIpc) is 2.96. The Kier molecular flexibility index (Phi) is 5.80. The van der Waals surface area contributed by atoms with Crippen LogP contribution in [0.25, 0.3) is 0 Å². The monoisotopic (exact) mass is 335 g/mol. The van der Waals surface area contributed by atoms with Gasteiger partial charge in [-0.3, -0.25) is 9.69 Å². The van der Waals surface area contributed by atoms with E-state index in [9.17, 15) is 18.0 Å². The Morgan fingerprint density at radius 3 is 2.91 bits per heavy atom. The summed E-state index contributed by atoms with van der Waals surface area (Å²) in [7, 11) is 0. The second-order valence-corrected chi connectivity index (χ2v) is 6.25. The number of likely N-dealkylation sites (N-methyl/N-ethyl adjacent to an activating group) is 1. The molecular weight excluding hydrogens is 315 g/mol. The fourth-order valence-electron chi connectivity index (χ4n) is 2.63. The number of carbonyl (C=O) groups is 1. The second kappa shape index (κ2) is 7.41. The van der Waals surface area contributed by atoms with Crippen molar-refractivity contribution in [2.75, 3.05) is 19.6 Å². The third-order valence-corrected chi connectivity index (χ3v) is 4.71. The number of aromatic nitrogens is 1. The van der Waals surface area contributed by atoms with Crippen LogP contribution in [0.4, 0.5) is 13.2 Å². The Morgan fingerprint density at radius 2 is 2.27 bits per heavy atom. The highest BCUT2D eigenvalue weighted by atomic mass is 32.1. The highest BCUT2D eigenvalue weighted by molar-refractivity contribution is 7.09. The quantitative estimate of drug-likeness (QED) is 0.900. The van der Waals surface area contributed by atoms with Crippen molar-refractivity contribution in [3.8, 4) is 0 Å². The first-order valence-electron chi connectivity index (χ1n) is 7.45. The van der Waals surface area contributed by atoms with E-state index in [1.807, 2.05) is 6.92 Å². The molecule has 0 radical (unpaired) electrons. The number of halogens is 3. The van der Waals surface area contributed by atoms with Gasteiger partial charge in [-0.2, -0.15) is 13.2 Å². The van der Waals surface area contributed by atoms with Crippen LogP contribution in [0, 0.1) is 0 Å². The van der Waals surface area contributed by atoms with E-state index in [4.69, 9.17) is 0 Å². The summed E-state index contributed by atoms with van der Waals surface area (Å²) in [5, 5.41) is 4.22. The molecule has 1 saturated heterocycles. The predicted molar refractivity (Wildman–Crippen MR) is 78.7 cm³/mol. The number of rotatable bonds is 5. The third-order valence-electron chi connectivity index (χ3n) is 3.80. The molecule has 0 bridgehead atoms. The Morgan fingerprint density at radius 1 is 1.50 bits per heavy atom. The first-order valence-corrected chi connectivity index (χ1v) is 8.33. The van der Waals surface area contributed by atoms with Crippen molar-refractivity contribution in [2.24, 2.45) is 0 Å². The van der Waals surface area contributed by atoms with Crippen LogP contribution < -0.4 is 5.32 Å². The first kappa shape index (κ1) is 17.2. The number of amides is 1. The number of piperidine rings is 1. The molecule has 0 unspecified atom stereocenters. The van der Waals surface area contributed by atoms with Crippen molar-refractivity contribution >= 4 is 17.2 Å². The fraction of sp³-hybridized carbons (Fsp3) is 0.714. The maximum atomic E-state index is 12.4. The van der Waals surface area contributed by atoms with Crippen molar-refractivity contribution in [2.45, 2.75) is 44.8 Å². The number of hydrogen-bond acceptors (Lipinski definition) is 4. The number of alkyl halides is 3. The summed E-state index contributed by atoms with van der Waals surface area (Å²) in [5.74, 6) is -0.0332. The van der Waals surface area contributed by atoms with Crippen LogP contribution >= 0.6 is 11.3 Å². The smallest absolute Gasteiger partial charge is 0.354 e. The van der Waals surface area contributed by atoms with Gasteiger partial charge in [-0.1, -0.05) is 13.3 Å². The molecule has 0 aliphatic carbocycles. The lowest BCUT2D eigenvalue weighted by molar-refractivity contribution is -0.140. The van der Waals surface area contributed by atoms with Crippen LogP contribution in [0.2, 0.25) is 0 Å². The minimum atomic E-state index is -4.40. The molecule has 0 aromatic carbocycles. The Bertz CT molecular complexity index is 504. The number of nitrogens with zero attached hydrogens (tertiary/aromatic N) is 2. The van der Waals surface area contributed by atoms with Gasteiger partial charge in [0.15, 0.2) is 5.69 Å². The lowest BCUT2D eigenvalue weighted by atomic mass is 10.0. The zero-order chi connectivity index (χ0) is 16.2. The fourth-order valence-corrected chi connectivity index (χ4v) is 3.44. The largest absolute Gasteiger partial charge is 0.434 e. The molecule has 1 aromatic rings. The van der Waals surface area contributed by atoms with Crippen LogP contribution in [0.3, 0.4) is 0 Å². The van der Waals surface area contributed by atoms with Gasteiger partial charge in [0.05, 0.1) is 11.0 Å². The van der Waals surface area contributed by atoms with Gasteiger partial charge in [-0.15, -0.1) is 11.3 Å². The summed E-state index contributed by atoms with van der Waals surface area (Å²) in [6.07, 6.45) is -1.09. The van der Waals surface area contributed by atoms with Gasteiger partial charge in [0.25, 0.3) is 0 Å². The van der Waals surface area contributed by atoms with Gasteiger partial charge in [-0.05, 0) is 25.9 Å². The summed E-state index contributed by atoms with van der Waals surface area (Å²) < 4.78 is 37.3. The van der Waals surface area contributed by atoms with Crippen molar-refractivity contribution < 1.29 is 18.0 Å². The molecule has 1 aromatic heterocycles. The SMILES string of the molecule is CCN1CCCC[C@H]1C(=O)NCCc1nc(C(F)(F)F)cs1. The topological polar surface area (TPSA) is 45.2 Å². The summed E-state index contributed by atoms with van der Waals surface area (Å²) >= 11 is 0.976. The van der Waals surface area contributed by atoms with E-state index in [1.54, 1.807) is 0 Å². The van der Waals surface area contributed by atoms with Gasteiger partial charge in [0.1, 0.15) is 0 Å². The molecule has 4 nitrogen and oxygen atoms in total. The number of thiazole rings is 1. The minimum Gasteiger partial charge on any atom is -0.354 e. The van der Waals surface area contributed by atoms with E-state index < -0.39 is 11.9 Å². The van der Waals surface area contributed by atoms with Crippen molar-refractivity contribution in [1.29, 1.82) is 0 Å². The lowest BCUT2D eigenvalue weighted by Crippen LogP contribution is -2.49. The Hall–Kier alpha value is -1.15. The molecule has 2 rings (SSSR count). The minimum absolute atomic E-state index is 0.0332. The predicted octanol–water partition coefficient (Wildman–Crippen LogP) is 2.70. The van der Waals surface area contributed by atoms with Crippen molar-refractivity contribution in [3.05, 3.63) is 16.1 Å². The summed E-state index contributed by atoms with van der Waals surface area (Å²) in [6.45, 7) is 4.10. The highest BCUT2D eigenvalue weighted by Gasteiger charge is 2.33. The van der Waals surface area contributed by atoms with Gasteiger partial charge in [0, 0.05) is 18.3 Å². The van der Waals surface area contributed by atoms with Crippen molar-refractivity contribution in [3.63, 3.8) is 0 Å². The molecule has 1 fully saturated rings. The van der Waals surface area contributed by atoms with E-state index in [0.717, 1.165) is 49.1 Å². The van der Waals surface area contributed by atoms with E-state index in [0.29, 0.717) is 18.0 Å². The van der Waals surface area contributed by atoms with Crippen LogP contribution in [0.5, 0.6) is 0 Å². The number of carbonyl (C=O) groups excluding carboxylic acids is 1. The van der Waals surface area contributed by atoms with E-state index >= 15 is 0 Å². The van der Waals surface area contributed by atoms with E-state index in [-0.39, 0.29) is 11.9 Å². The molecular formula is C14H20F3N3OS. The second-order valence-electron chi connectivity index (χ2n) is 5.31. The van der Waals surface area contributed by atoms with E-state index in [1.165, 1.54) is 0 Å². The van der Waals surface area contributed by atoms with Gasteiger partial charge in [0.2, 0.25) is 5.91 Å². The van der Waals surface area contributed by atoms with Crippen LogP contribution in [0.1, 0.15) is 36.9 Å². The zero-order valence-corrected chi connectivity index (χ0v) is 13.3. The maximum absolute atomic E-state index is 12.4. The lowest BCUT2D eigenvalue weighted by Gasteiger charge is -2.33. The Balaban J connectivity index is 1.80. The van der Waals surface area contributed by atoms with Gasteiger partial charge < -0.3 is 5.32 Å². The van der Waals surface area contributed by atoms with Gasteiger partial charge in [-0.25, -0.2) is 4.98 Å². The average molecular weight is 335 g/mol. The molecule has 22 heavy (non-hydrogen) atoms. The zero-order valence-electron chi connectivity index (χ0n) is 12.4. The number of hydrogen-bond donors (Lipinski definition) is 1. The molecule has 1 amide bonds. The van der Waals surface area contributed by atoms with Crippen LogP contribution in [-0.2, 0) is 17.4 Å². The normalized spacial score (nSPS) is 20.1. The number of nitrogens with one attached hydrogen (secondary N) is 1. The molecule has 1 N–H and O–H groups in total. The van der Waals surface area contributed by atoms with Crippen LogP contribution in [0.15, 0.2) is 5.38 Å². The number of likely N-dealkylation sites (tertiary alicyclic amines) is 1. The molecule has 1 aliphatic heterocycles. The molecule has 1 atom stereocenters. The first-order chi connectivity index (χ1) is 10.4. The Labute approximate surface area is 131 Å². The van der Waals surface area contributed by atoms with E-state index in [2.05, 4.69) is 15.2 Å². The summed E-state index contributed by atoms with van der Waals surface area (Å²) in [6, 6.07) is -0.110. The summed E-state index contributed by atoms with van der Waals surface area (Å²) in [5.41, 5.74) is -0.858. The molecule has 1 aliphatic rings. The maximum Gasteiger partial charge on any atom is 0.434 e. The third kappa shape index (κ3) is 4.42. The van der Waals surface area contributed by atoms with Gasteiger partial charge >= 0.3 is 6.18 Å². The molecule has 0 spiro atoms. The standard InChI is InChI=1S/C14H20F3N3OS/c1-2-20-8-4-3-5-10(20)13(21)18-7-6-12-19-11(9-22-12)14(15,16)17/h9-10H,2-8H2,1H3,(H,18,21)/t10-/m0/s1. The molecule has 8 heteroatoms. The summed E-state index contributed by atoms with van der Waals surface area (Å²) in [4.78, 5) is 17.9. The molecule has 124 valence electrons. The molecule has 2 heterocycles. The molecule has 0 saturated carbocycles. The highest BCUT2D eigenvalue weighted by Crippen LogP contribution is 2.30. The van der Waals surface area contributed by atoms with Crippen molar-refractivity contribution in [1.82, 2.24) is 15.2 Å².